The van der Waals surface area contributed by atoms with Gasteiger partial charge in [-0.2, -0.15) is 5.10 Å². The summed E-state index contributed by atoms with van der Waals surface area (Å²) in [5.74, 6) is 0.216. The molecule has 2 unspecified atom stereocenters. The van der Waals surface area contributed by atoms with Gasteiger partial charge < -0.3 is 5.11 Å². The molecule has 19 heavy (non-hydrogen) atoms. The zero-order valence-electron chi connectivity index (χ0n) is 12.4. The summed E-state index contributed by atoms with van der Waals surface area (Å²) in [5.41, 5.74) is 0.0258. The first-order valence-corrected chi connectivity index (χ1v) is 7.62. The van der Waals surface area contributed by atoms with Crippen LogP contribution < -0.4 is 0 Å². The van der Waals surface area contributed by atoms with Crippen molar-refractivity contribution in [3.8, 4) is 0 Å². The molecule has 108 valence electrons. The van der Waals surface area contributed by atoms with Crippen LogP contribution in [-0.4, -0.2) is 14.9 Å². The fraction of sp³-hybridized carbons (Fsp3) is 0.800. The van der Waals surface area contributed by atoms with Crippen molar-refractivity contribution < 1.29 is 5.11 Å². The number of aliphatic hydroxyl groups is 1. The third-order valence-electron chi connectivity index (χ3n) is 4.43. The molecule has 2 rings (SSSR count). The standard InChI is InChI=1S/C15H25ClN2O/c1-5-18-13(11(16)10-17-18)15(19)9-7-6-8-12(15)14(2,3)4/h10,12,19H,5-9H2,1-4H3. The zero-order valence-corrected chi connectivity index (χ0v) is 13.2. The van der Waals surface area contributed by atoms with E-state index in [-0.39, 0.29) is 11.3 Å². The second kappa shape index (κ2) is 5.10. The normalized spacial score (nSPS) is 28.6. The number of hydrogen-bond acceptors (Lipinski definition) is 2. The quantitative estimate of drug-likeness (QED) is 0.892. The lowest BCUT2D eigenvalue weighted by Gasteiger charge is -2.47. The highest BCUT2D eigenvalue weighted by Crippen LogP contribution is 2.51. The van der Waals surface area contributed by atoms with Crippen molar-refractivity contribution >= 4 is 11.6 Å². The summed E-state index contributed by atoms with van der Waals surface area (Å²) in [6, 6.07) is 0. The number of nitrogens with zero attached hydrogens (tertiary/aromatic N) is 2. The third kappa shape index (κ3) is 2.55. The molecule has 0 aliphatic heterocycles. The minimum absolute atomic E-state index is 0.0569. The van der Waals surface area contributed by atoms with Gasteiger partial charge in [-0.25, -0.2) is 0 Å². The lowest BCUT2D eigenvalue weighted by molar-refractivity contribution is -0.101. The molecule has 2 atom stereocenters. The summed E-state index contributed by atoms with van der Waals surface area (Å²) < 4.78 is 1.85. The van der Waals surface area contributed by atoms with Crippen molar-refractivity contribution in [3.63, 3.8) is 0 Å². The lowest BCUT2D eigenvalue weighted by Crippen LogP contribution is -2.46. The highest BCUT2D eigenvalue weighted by atomic mass is 35.5. The largest absolute Gasteiger partial charge is 0.383 e. The van der Waals surface area contributed by atoms with E-state index in [0.717, 1.165) is 31.5 Å². The second-order valence-electron chi connectivity index (χ2n) is 6.75. The molecule has 1 aliphatic carbocycles. The minimum atomic E-state index is -0.847. The molecule has 1 saturated carbocycles. The van der Waals surface area contributed by atoms with Crippen molar-refractivity contribution in [3.05, 3.63) is 16.9 Å². The molecule has 0 aromatic carbocycles. The predicted molar refractivity (Wildman–Crippen MR) is 78.2 cm³/mol. The maximum absolute atomic E-state index is 11.4. The van der Waals surface area contributed by atoms with Crippen molar-refractivity contribution in [2.45, 2.75) is 65.5 Å². The first kappa shape index (κ1) is 14.9. The van der Waals surface area contributed by atoms with Gasteiger partial charge in [-0.1, -0.05) is 45.2 Å². The number of rotatable bonds is 2. The van der Waals surface area contributed by atoms with E-state index in [2.05, 4.69) is 25.9 Å². The summed E-state index contributed by atoms with van der Waals surface area (Å²) in [6.07, 6.45) is 5.72. The maximum Gasteiger partial charge on any atom is 0.111 e. The molecule has 1 fully saturated rings. The van der Waals surface area contributed by atoms with Gasteiger partial charge in [0.05, 0.1) is 16.9 Å². The molecule has 0 bridgehead atoms. The molecule has 0 saturated heterocycles. The molecule has 3 nitrogen and oxygen atoms in total. The summed E-state index contributed by atoms with van der Waals surface area (Å²) in [6.45, 7) is 9.38. The van der Waals surface area contributed by atoms with Gasteiger partial charge in [0.1, 0.15) is 5.60 Å². The fourth-order valence-electron chi connectivity index (χ4n) is 3.62. The number of aryl methyl sites for hydroxylation is 1. The van der Waals surface area contributed by atoms with Gasteiger partial charge in [-0.3, -0.25) is 4.68 Å². The summed E-state index contributed by atoms with van der Waals surface area (Å²) in [7, 11) is 0. The molecular weight excluding hydrogens is 260 g/mol. The average molecular weight is 285 g/mol. The molecule has 1 heterocycles. The van der Waals surface area contributed by atoms with Crippen LogP contribution in [0.1, 0.15) is 59.1 Å². The van der Waals surface area contributed by atoms with Crippen LogP contribution in [0.15, 0.2) is 6.20 Å². The Morgan fingerprint density at radius 2 is 2.16 bits per heavy atom. The minimum Gasteiger partial charge on any atom is -0.383 e. The molecule has 1 N–H and O–H groups in total. The highest BCUT2D eigenvalue weighted by molar-refractivity contribution is 6.31. The van der Waals surface area contributed by atoms with E-state index in [1.54, 1.807) is 6.20 Å². The van der Waals surface area contributed by atoms with Gasteiger partial charge >= 0.3 is 0 Å². The molecule has 0 amide bonds. The van der Waals surface area contributed by atoms with Crippen LogP contribution in [0.5, 0.6) is 0 Å². The maximum atomic E-state index is 11.4. The molecule has 0 radical (unpaired) electrons. The van der Waals surface area contributed by atoms with Crippen LogP contribution in [0.3, 0.4) is 0 Å². The summed E-state index contributed by atoms with van der Waals surface area (Å²) in [4.78, 5) is 0. The van der Waals surface area contributed by atoms with E-state index < -0.39 is 5.60 Å². The Bertz CT molecular complexity index is 449. The topological polar surface area (TPSA) is 38.0 Å². The van der Waals surface area contributed by atoms with E-state index >= 15 is 0 Å². The smallest absolute Gasteiger partial charge is 0.111 e. The molecule has 1 aromatic rings. The Hall–Kier alpha value is -0.540. The van der Waals surface area contributed by atoms with E-state index in [4.69, 9.17) is 11.6 Å². The van der Waals surface area contributed by atoms with Gasteiger partial charge in [-0.05, 0) is 31.1 Å². The Labute approximate surface area is 121 Å². The zero-order chi connectivity index (χ0) is 14.3. The van der Waals surface area contributed by atoms with Crippen LogP contribution in [0, 0.1) is 11.3 Å². The second-order valence-corrected chi connectivity index (χ2v) is 7.15. The Morgan fingerprint density at radius 3 is 2.74 bits per heavy atom. The molecule has 1 aliphatic rings. The monoisotopic (exact) mass is 284 g/mol. The van der Waals surface area contributed by atoms with Crippen LogP contribution in [0.2, 0.25) is 5.02 Å². The van der Waals surface area contributed by atoms with E-state index in [9.17, 15) is 5.11 Å². The molecule has 1 aromatic heterocycles. The van der Waals surface area contributed by atoms with Crippen LogP contribution >= 0.6 is 11.6 Å². The molecular formula is C15H25ClN2O. The van der Waals surface area contributed by atoms with Crippen molar-refractivity contribution in [2.24, 2.45) is 11.3 Å². The van der Waals surface area contributed by atoms with Gasteiger partial charge in [0.15, 0.2) is 0 Å². The van der Waals surface area contributed by atoms with E-state index in [1.165, 1.54) is 6.42 Å². The van der Waals surface area contributed by atoms with Gasteiger partial charge in [0.25, 0.3) is 0 Å². The van der Waals surface area contributed by atoms with Crippen molar-refractivity contribution in [1.29, 1.82) is 0 Å². The lowest BCUT2D eigenvalue weighted by atomic mass is 9.62. The Morgan fingerprint density at radius 1 is 1.47 bits per heavy atom. The Balaban J connectivity index is 2.51. The first-order valence-electron chi connectivity index (χ1n) is 7.25. The molecule has 4 heteroatoms. The predicted octanol–water partition coefficient (Wildman–Crippen LogP) is 3.98. The summed E-state index contributed by atoms with van der Waals surface area (Å²) in [5, 5.41) is 16.3. The third-order valence-corrected chi connectivity index (χ3v) is 4.70. The van der Waals surface area contributed by atoms with Gasteiger partial charge in [0, 0.05) is 6.54 Å². The number of aromatic nitrogens is 2. The highest BCUT2D eigenvalue weighted by Gasteiger charge is 2.48. The van der Waals surface area contributed by atoms with E-state index in [0.29, 0.717) is 5.02 Å². The van der Waals surface area contributed by atoms with Crippen molar-refractivity contribution in [2.75, 3.05) is 0 Å². The Kier molecular flexibility index (Phi) is 3.99. The average Bonchev–Trinajstić information content (AvgIpc) is 2.70. The first-order chi connectivity index (χ1) is 8.80. The van der Waals surface area contributed by atoms with Crippen molar-refractivity contribution in [1.82, 2.24) is 9.78 Å². The number of hydrogen-bond donors (Lipinski definition) is 1. The van der Waals surface area contributed by atoms with Crippen LogP contribution in [-0.2, 0) is 12.1 Å². The fourth-order valence-corrected chi connectivity index (χ4v) is 3.93. The summed E-state index contributed by atoms with van der Waals surface area (Å²) >= 11 is 6.32. The van der Waals surface area contributed by atoms with Gasteiger partial charge in [-0.15, -0.1) is 0 Å². The van der Waals surface area contributed by atoms with E-state index in [1.807, 2.05) is 11.6 Å². The van der Waals surface area contributed by atoms with Crippen LogP contribution in [0.25, 0.3) is 0 Å². The SMILES string of the molecule is CCn1ncc(Cl)c1C1(O)CCCCC1C(C)(C)C. The number of halogens is 1. The molecule has 0 spiro atoms. The van der Waals surface area contributed by atoms with Crippen LogP contribution in [0.4, 0.5) is 0 Å². The van der Waals surface area contributed by atoms with Gasteiger partial charge in [0.2, 0.25) is 0 Å².